The van der Waals surface area contributed by atoms with E-state index in [2.05, 4.69) is 5.32 Å². The first-order valence-electron chi connectivity index (χ1n) is 7.54. The summed E-state index contributed by atoms with van der Waals surface area (Å²) in [4.78, 5) is 13.4. The van der Waals surface area contributed by atoms with Gasteiger partial charge in [0, 0.05) is 26.7 Å². The Morgan fingerprint density at radius 2 is 1.82 bits per heavy atom. The van der Waals surface area contributed by atoms with Crippen LogP contribution in [0.5, 0.6) is 5.75 Å². The topological polar surface area (TPSA) is 61.8 Å². The lowest BCUT2D eigenvalue weighted by Gasteiger charge is -2.24. The molecule has 0 unspecified atom stereocenters. The number of rotatable bonds is 5. The van der Waals surface area contributed by atoms with Crippen LogP contribution in [-0.4, -0.2) is 41.8 Å². The Morgan fingerprint density at radius 1 is 1.27 bits per heavy atom. The highest BCUT2D eigenvalue weighted by atomic mass is 16.6. The Morgan fingerprint density at radius 3 is 2.32 bits per heavy atom. The number of nitrogens with zero attached hydrogens (tertiary/aromatic N) is 1. The van der Waals surface area contributed by atoms with Gasteiger partial charge in [-0.25, -0.2) is 4.79 Å². The van der Waals surface area contributed by atoms with Crippen LogP contribution in [0.3, 0.4) is 0 Å². The summed E-state index contributed by atoms with van der Waals surface area (Å²) in [6, 6.07) is 3.93. The number of phenolic OH excluding ortho intramolecular Hbond substituents is 1. The Labute approximate surface area is 133 Å². The number of aryl methyl sites for hydroxylation is 2. The highest BCUT2D eigenvalue weighted by Gasteiger charge is 2.19. The first-order chi connectivity index (χ1) is 10.1. The van der Waals surface area contributed by atoms with E-state index in [1.54, 1.807) is 11.9 Å². The van der Waals surface area contributed by atoms with Gasteiger partial charge in [-0.05, 0) is 51.3 Å². The minimum absolute atomic E-state index is 0.314. The number of benzene rings is 1. The van der Waals surface area contributed by atoms with E-state index < -0.39 is 5.60 Å². The summed E-state index contributed by atoms with van der Waals surface area (Å²) in [5.74, 6) is 0.355. The SMILES string of the molecule is Cc1cc(CNCCN(C)C(=O)OC(C)(C)C)cc(C)c1O. The number of carbonyl (C=O) groups excluding carboxylic acids is 1. The fourth-order valence-corrected chi connectivity index (χ4v) is 2.06. The lowest BCUT2D eigenvalue weighted by atomic mass is 10.1. The standard InChI is InChI=1S/C17H28N2O3/c1-12-9-14(10-13(2)15(12)20)11-18-7-8-19(6)16(21)22-17(3,4)5/h9-10,18,20H,7-8,11H2,1-6H3. The molecule has 0 aromatic heterocycles. The summed E-state index contributed by atoms with van der Waals surface area (Å²) in [6.45, 7) is 11.3. The van der Waals surface area contributed by atoms with Crippen LogP contribution < -0.4 is 5.32 Å². The van der Waals surface area contributed by atoms with E-state index in [1.165, 1.54) is 0 Å². The molecule has 1 rings (SSSR count). The molecule has 0 radical (unpaired) electrons. The van der Waals surface area contributed by atoms with Crippen LogP contribution in [0.2, 0.25) is 0 Å². The predicted octanol–water partition coefficient (Wildman–Crippen LogP) is 2.97. The smallest absolute Gasteiger partial charge is 0.410 e. The van der Waals surface area contributed by atoms with Crippen molar-refractivity contribution < 1.29 is 14.6 Å². The first kappa shape index (κ1) is 18.3. The second kappa shape index (κ2) is 7.49. The normalized spacial score (nSPS) is 11.4. The Hall–Kier alpha value is -1.75. The van der Waals surface area contributed by atoms with Crippen LogP contribution in [0.15, 0.2) is 12.1 Å². The number of amides is 1. The lowest BCUT2D eigenvalue weighted by molar-refractivity contribution is 0.0300. The maximum atomic E-state index is 11.8. The number of hydrogen-bond acceptors (Lipinski definition) is 4. The summed E-state index contributed by atoms with van der Waals surface area (Å²) < 4.78 is 5.29. The van der Waals surface area contributed by atoms with Crippen molar-refractivity contribution >= 4 is 6.09 Å². The fourth-order valence-electron chi connectivity index (χ4n) is 2.06. The van der Waals surface area contributed by atoms with Crippen LogP contribution in [0.1, 0.15) is 37.5 Å². The van der Waals surface area contributed by atoms with Gasteiger partial charge in [-0.1, -0.05) is 12.1 Å². The minimum Gasteiger partial charge on any atom is -0.507 e. The molecule has 1 aromatic carbocycles. The number of carbonyl (C=O) groups is 1. The summed E-state index contributed by atoms with van der Waals surface area (Å²) in [7, 11) is 1.73. The van der Waals surface area contributed by atoms with Gasteiger partial charge in [-0.3, -0.25) is 0 Å². The van der Waals surface area contributed by atoms with Crippen molar-refractivity contribution in [2.45, 2.75) is 46.8 Å². The molecule has 0 aliphatic heterocycles. The third kappa shape index (κ3) is 5.93. The summed E-state index contributed by atoms with van der Waals surface area (Å²) >= 11 is 0. The highest BCUT2D eigenvalue weighted by Crippen LogP contribution is 2.22. The van der Waals surface area contributed by atoms with E-state index in [0.717, 1.165) is 16.7 Å². The quantitative estimate of drug-likeness (QED) is 0.821. The number of nitrogens with one attached hydrogen (secondary N) is 1. The molecule has 0 atom stereocenters. The maximum Gasteiger partial charge on any atom is 0.410 e. The zero-order chi connectivity index (χ0) is 16.9. The molecular formula is C17H28N2O3. The van der Waals surface area contributed by atoms with Gasteiger partial charge in [0.1, 0.15) is 11.4 Å². The Kier molecular flexibility index (Phi) is 6.23. The third-order valence-corrected chi connectivity index (χ3v) is 3.21. The van der Waals surface area contributed by atoms with E-state index in [9.17, 15) is 9.90 Å². The monoisotopic (exact) mass is 308 g/mol. The van der Waals surface area contributed by atoms with Gasteiger partial charge in [-0.2, -0.15) is 0 Å². The summed E-state index contributed by atoms with van der Waals surface area (Å²) in [5, 5.41) is 13.0. The Balaban J connectivity index is 2.38. The molecular weight excluding hydrogens is 280 g/mol. The van der Waals surface area contributed by atoms with Crippen LogP contribution in [0.4, 0.5) is 4.79 Å². The van der Waals surface area contributed by atoms with Gasteiger partial charge < -0.3 is 20.1 Å². The van der Waals surface area contributed by atoms with Crippen LogP contribution >= 0.6 is 0 Å². The molecule has 0 saturated heterocycles. The minimum atomic E-state index is -0.472. The molecule has 2 N–H and O–H groups in total. The summed E-state index contributed by atoms with van der Waals surface area (Å²) in [6.07, 6.45) is -0.314. The summed E-state index contributed by atoms with van der Waals surface area (Å²) in [5.41, 5.74) is 2.40. The average Bonchev–Trinajstić information content (AvgIpc) is 2.38. The fraction of sp³-hybridized carbons (Fsp3) is 0.588. The van der Waals surface area contributed by atoms with Gasteiger partial charge in [0.15, 0.2) is 0 Å². The number of likely N-dealkylation sites (N-methyl/N-ethyl adjacent to an activating group) is 1. The molecule has 0 aliphatic carbocycles. The predicted molar refractivity (Wildman–Crippen MR) is 88.2 cm³/mol. The molecule has 1 aromatic rings. The van der Waals surface area contributed by atoms with Crippen molar-refractivity contribution in [1.82, 2.24) is 10.2 Å². The molecule has 0 bridgehead atoms. The van der Waals surface area contributed by atoms with Crippen LogP contribution in [0.25, 0.3) is 0 Å². The zero-order valence-corrected chi connectivity index (χ0v) is 14.5. The first-order valence-corrected chi connectivity index (χ1v) is 7.54. The third-order valence-electron chi connectivity index (χ3n) is 3.21. The number of phenols is 1. The average molecular weight is 308 g/mol. The number of aromatic hydroxyl groups is 1. The van der Waals surface area contributed by atoms with Crippen molar-refractivity contribution in [2.24, 2.45) is 0 Å². The maximum absolute atomic E-state index is 11.8. The van der Waals surface area contributed by atoms with Crippen LogP contribution in [0, 0.1) is 13.8 Å². The van der Waals surface area contributed by atoms with Gasteiger partial charge in [-0.15, -0.1) is 0 Å². The molecule has 1 amide bonds. The van der Waals surface area contributed by atoms with E-state index in [-0.39, 0.29) is 6.09 Å². The largest absolute Gasteiger partial charge is 0.507 e. The van der Waals surface area contributed by atoms with Crippen molar-refractivity contribution in [3.63, 3.8) is 0 Å². The zero-order valence-electron chi connectivity index (χ0n) is 14.5. The highest BCUT2D eigenvalue weighted by molar-refractivity contribution is 5.67. The van der Waals surface area contributed by atoms with E-state index in [1.807, 2.05) is 46.8 Å². The van der Waals surface area contributed by atoms with E-state index >= 15 is 0 Å². The molecule has 0 aliphatic rings. The molecule has 124 valence electrons. The second-order valence-electron chi connectivity index (χ2n) is 6.66. The lowest BCUT2D eigenvalue weighted by Crippen LogP contribution is -2.37. The molecule has 0 saturated carbocycles. The van der Waals surface area contributed by atoms with Gasteiger partial charge in [0.25, 0.3) is 0 Å². The van der Waals surface area contributed by atoms with E-state index in [4.69, 9.17) is 4.74 Å². The molecule has 0 spiro atoms. The van der Waals surface area contributed by atoms with E-state index in [0.29, 0.717) is 25.4 Å². The van der Waals surface area contributed by atoms with Gasteiger partial charge in [0.05, 0.1) is 0 Å². The molecule has 0 fully saturated rings. The number of ether oxygens (including phenoxy) is 1. The van der Waals surface area contributed by atoms with Crippen molar-refractivity contribution in [1.29, 1.82) is 0 Å². The van der Waals surface area contributed by atoms with Gasteiger partial charge >= 0.3 is 6.09 Å². The van der Waals surface area contributed by atoms with Crippen molar-refractivity contribution in [3.05, 3.63) is 28.8 Å². The Bertz CT molecular complexity index is 498. The van der Waals surface area contributed by atoms with Crippen LogP contribution in [-0.2, 0) is 11.3 Å². The second-order valence-corrected chi connectivity index (χ2v) is 6.66. The van der Waals surface area contributed by atoms with Crippen molar-refractivity contribution in [3.8, 4) is 5.75 Å². The molecule has 5 nitrogen and oxygen atoms in total. The molecule has 0 heterocycles. The molecule has 22 heavy (non-hydrogen) atoms. The van der Waals surface area contributed by atoms with Crippen molar-refractivity contribution in [2.75, 3.05) is 20.1 Å². The van der Waals surface area contributed by atoms with Gasteiger partial charge in [0.2, 0.25) is 0 Å². The number of hydrogen-bond donors (Lipinski definition) is 2. The molecule has 5 heteroatoms.